The summed E-state index contributed by atoms with van der Waals surface area (Å²) in [5, 5.41) is 9.28. The molecule has 0 unspecified atom stereocenters. The Morgan fingerprint density at radius 2 is 1.55 bits per heavy atom. The summed E-state index contributed by atoms with van der Waals surface area (Å²) in [7, 11) is 4.59. The van der Waals surface area contributed by atoms with Crippen LogP contribution in [0.4, 0.5) is 0 Å². The number of methoxy groups -OCH3 is 3. The Morgan fingerprint density at radius 1 is 0.900 bits per heavy atom. The number of nitriles is 1. The minimum absolute atomic E-state index is 0.325. The van der Waals surface area contributed by atoms with Crippen molar-refractivity contribution >= 4 is 0 Å². The maximum absolute atomic E-state index is 9.28. The standard InChI is InChI=1S/C16H15NO3/c1-18-14-9-12(11-7-5-4-6-8-11)15(19-2)16(20-3)13(14)10-17/h4-9H,1-3H3. The largest absolute Gasteiger partial charge is 0.495 e. The third kappa shape index (κ3) is 2.26. The zero-order valence-electron chi connectivity index (χ0n) is 11.6. The fourth-order valence-electron chi connectivity index (χ4n) is 2.11. The Labute approximate surface area is 118 Å². The molecule has 0 fully saturated rings. The van der Waals surface area contributed by atoms with Crippen molar-refractivity contribution in [2.45, 2.75) is 0 Å². The molecule has 0 saturated heterocycles. The van der Waals surface area contributed by atoms with Gasteiger partial charge in [0, 0.05) is 5.56 Å². The normalized spacial score (nSPS) is 9.70. The van der Waals surface area contributed by atoms with Crippen molar-refractivity contribution in [2.75, 3.05) is 21.3 Å². The SMILES string of the molecule is COc1cc(-c2ccccc2)c(OC)c(OC)c1C#N. The van der Waals surface area contributed by atoms with E-state index in [0.29, 0.717) is 22.8 Å². The third-order valence-corrected chi connectivity index (χ3v) is 3.02. The maximum atomic E-state index is 9.28. The van der Waals surface area contributed by atoms with Gasteiger partial charge >= 0.3 is 0 Å². The number of hydrogen-bond acceptors (Lipinski definition) is 4. The molecule has 0 N–H and O–H groups in total. The molecule has 0 spiro atoms. The minimum Gasteiger partial charge on any atom is -0.495 e. The third-order valence-electron chi connectivity index (χ3n) is 3.02. The fraction of sp³-hybridized carbons (Fsp3) is 0.188. The molecule has 0 aliphatic carbocycles. The Hall–Kier alpha value is -2.67. The van der Waals surface area contributed by atoms with E-state index in [2.05, 4.69) is 6.07 Å². The van der Waals surface area contributed by atoms with Crippen molar-refractivity contribution in [3.63, 3.8) is 0 Å². The van der Waals surface area contributed by atoms with Gasteiger partial charge in [-0.15, -0.1) is 0 Å². The summed E-state index contributed by atoms with van der Waals surface area (Å²) in [6.07, 6.45) is 0. The Morgan fingerprint density at radius 3 is 2.05 bits per heavy atom. The summed E-state index contributed by atoms with van der Waals surface area (Å²) in [4.78, 5) is 0. The van der Waals surface area contributed by atoms with Gasteiger partial charge in [-0.05, 0) is 11.6 Å². The number of hydrogen-bond donors (Lipinski definition) is 0. The lowest BCUT2D eigenvalue weighted by atomic mass is 10.0. The average molecular weight is 269 g/mol. The lowest BCUT2D eigenvalue weighted by Gasteiger charge is -2.16. The minimum atomic E-state index is 0.325. The smallest absolute Gasteiger partial charge is 0.183 e. The van der Waals surface area contributed by atoms with E-state index in [-0.39, 0.29) is 0 Å². The first kappa shape index (κ1) is 13.8. The highest BCUT2D eigenvalue weighted by Gasteiger charge is 2.21. The molecule has 2 rings (SSSR count). The van der Waals surface area contributed by atoms with Crippen molar-refractivity contribution in [1.29, 1.82) is 5.26 Å². The molecule has 2 aromatic carbocycles. The van der Waals surface area contributed by atoms with Crippen LogP contribution in [0.15, 0.2) is 36.4 Å². The van der Waals surface area contributed by atoms with Crippen LogP contribution in [-0.2, 0) is 0 Å². The monoisotopic (exact) mass is 269 g/mol. The molecule has 0 aromatic heterocycles. The quantitative estimate of drug-likeness (QED) is 0.855. The second-order valence-corrected chi connectivity index (χ2v) is 4.05. The molecular formula is C16H15NO3. The van der Waals surface area contributed by atoms with Crippen molar-refractivity contribution in [2.24, 2.45) is 0 Å². The van der Waals surface area contributed by atoms with E-state index in [0.717, 1.165) is 11.1 Å². The summed E-state index contributed by atoms with van der Waals surface area (Å²) in [5.74, 6) is 1.37. The molecule has 0 radical (unpaired) electrons. The lowest BCUT2D eigenvalue weighted by molar-refractivity contribution is 0.349. The lowest BCUT2D eigenvalue weighted by Crippen LogP contribution is -1.99. The molecule has 0 saturated carbocycles. The van der Waals surface area contributed by atoms with Gasteiger partial charge in [0.15, 0.2) is 11.5 Å². The Kier molecular flexibility index (Phi) is 4.11. The molecule has 2 aromatic rings. The van der Waals surface area contributed by atoms with Crippen LogP contribution < -0.4 is 14.2 Å². The van der Waals surface area contributed by atoms with Crippen LogP contribution in [0.5, 0.6) is 17.2 Å². The molecule has 4 nitrogen and oxygen atoms in total. The van der Waals surface area contributed by atoms with Crippen molar-refractivity contribution < 1.29 is 14.2 Å². The van der Waals surface area contributed by atoms with Crippen molar-refractivity contribution in [3.05, 3.63) is 42.0 Å². The van der Waals surface area contributed by atoms with E-state index < -0.39 is 0 Å². The number of benzene rings is 2. The van der Waals surface area contributed by atoms with E-state index in [1.54, 1.807) is 13.2 Å². The molecule has 0 bridgehead atoms. The highest BCUT2D eigenvalue weighted by Crippen LogP contribution is 2.44. The number of rotatable bonds is 4. The van der Waals surface area contributed by atoms with Gasteiger partial charge in [0.25, 0.3) is 0 Å². The summed E-state index contributed by atoms with van der Waals surface area (Å²) in [6, 6.07) is 13.6. The number of ether oxygens (including phenoxy) is 3. The summed E-state index contributed by atoms with van der Waals surface area (Å²) >= 11 is 0. The second kappa shape index (κ2) is 5.98. The van der Waals surface area contributed by atoms with Gasteiger partial charge < -0.3 is 14.2 Å². The first-order chi connectivity index (χ1) is 9.76. The van der Waals surface area contributed by atoms with E-state index in [9.17, 15) is 5.26 Å². The second-order valence-electron chi connectivity index (χ2n) is 4.05. The zero-order chi connectivity index (χ0) is 14.5. The van der Waals surface area contributed by atoms with Crippen LogP contribution in [0.3, 0.4) is 0 Å². The molecule has 0 aliphatic rings. The van der Waals surface area contributed by atoms with Crippen LogP contribution in [-0.4, -0.2) is 21.3 Å². The highest BCUT2D eigenvalue weighted by molar-refractivity contribution is 5.79. The zero-order valence-corrected chi connectivity index (χ0v) is 11.6. The van der Waals surface area contributed by atoms with Crippen molar-refractivity contribution in [3.8, 4) is 34.4 Å². The van der Waals surface area contributed by atoms with Gasteiger partial charge in [-0.25, -0.2) is 0 Å². The fourth-order valence-corrected chi connectivity index (χ4v) is 2.11. The summed E-state index contributed by atoms with van der Waals surface area (Å²) in [6.45, 7) is 0. The van der Waals surface area contributed by atoms with Crippen LogP contribution >= 0.6 is 0 Å². The van der Waals surface area contributed by atoms with Gasteiger partial charge in [0.1, 0.15) is 17.4 Å². The topological polar surface area (TPSA) is 51.5 Å². The van der Waals surface area contributed by atoms with Gasteiger partial charge in [0.05, 0.1) is 21.3 Å². The van der Waals surface area contributed by atoms with Gasteiger partial charge in [-0.1, -0.05) is 30.3 Å². The first-order valence-electron chi connectivity index (χ1n) is 6.05. The molecular weight excluding hydrogens is 254 g/mol. The van der Waals surface area contributed by atoms with Gasteiger partial charge in [0.2, 0.25) is 0 Å². The molecule has 0 atom stereocenters. The highest BCUT2D eigenvalue weighted by atomic mass is 16.5. The van der Waals surface area contributed by atoms with E-state index in [1.165, 1.54) is 14.2 Å². The summed E-state index contributed by atoms with van der Waals surface area (Å²) < 4.78 is 16.0. The predicted octanol–water partition coefficient (Wildman–Crippen LogP) is 3.25. The molecule has 102 valence electrons. The van der Waals surface area contributed by atoms with E-state index >= 15 is 0 Å². The number of nitrogens with zero attached hydrogens (tertiary/aromatic N) is 1. The van der Waals surface area contributed by atoms with Crippen LogP contribution in [0.1, 0.15) is 5.56 Å². The first-order valence-corrected chi connectivity index (χ1v) is 6.05. The maximum Gasteiger partial charge on any atom is 0.183 e. The molecule has 0 heterocycles. The van der Waals surface area contributed by atoms with Crippen LogP contribution in [0, 0.1) is 11.3 Å². The van der Waals surface area contributed by atoms with Crippen LogP contribution in [0.25, 0.3) is 11.1 Å². The molecule has 0 aliphatic heterocycles. The Balaban J connectivity index is 2.79. The van der Waals surface area contributed by atoms with E-state index in [4.69, 9.17) is 14.2 Å². The molecule has 0 amide bonds. The molecule has 4 heteroatoms. The van der Waals surface area contributed by atoms with E-state index in [1.807, 2.05) is 30.3 Å². The predicted molar refractivity (Wildman–Crippen MR) is 76.2 cm³/mol. The van der Waals surface area contributed by atoms with Crippen LogP contribution in [0.2, 0.25) is 0 Å². The average Bonchev–Trinajstić information content (AvgIpc) is 2.53. The molecule has 20 heavy (non-hydrogen) atoms. The summed E-state index contributed by atoms with van der Waals surface area (Å²) in [5.41, 5.74) is 2.11. The Bertz CT molecular complexity index is 645. The van der Waals surface area contributed by atoms with Gasteiger partial charge in [-0.2, -0.15) is 5.26 Å². The van der Waals surface area contributed by atoms with Gasteiger partial charge in [-0.3, -0.25) is 0 Å². The van der Waals surface area contributed by atoms with Crippen molar-refractivity contribution in [1.82, 2.24) is 0 Å².